The van der Waals surface area contributed by atoms with E-state index in [1.165, 1.54) is 16.7 Å². The van der Waals surface area contributed by atoms with Crippen LogP contribution in [0.25, 0.3) is 0 Å². The molecule has 0 aliphatic heterocycles. The molecule has 2 rings (SSSR count). The van der Waals surface area contributed by atoms with E-state index < -0.39 is 23.5 Å². The van der Waals surface area contributed by atoms with Crippen molar-refractivity contribution in [3.63, 3.8) is 0 Å². The van der Waals surface area contributed by atoms with Crippen LogP contribution in [0.2, 0.25) is 0 Å². The molecule has 4 nitrogen and oxygen atoms in total. The maximum Gasteiger partial charge on any atom is 0.416 e. The highest BCUT2D eigenvalue weighted by Crippen LogP contribution is 2.32. The lowest BCUT2D eigenvalue weighted by Crippen LogP contribution is -2.25. The molecule has 1 amide bonds. The Labute approximate surface area is 133 Å². The number of halogens is 4. The van der Waals surface area contributed by atoms with Gasteiger partial charge in [-0.3, -0.25) is 4.79 Å². The number of carbonyl (C=O) groups excluding carboxylic acids is 1. The molecule has 0 saturated heterocycles. The summed E-state index contributed by atoms with van der Waals surface area (Å²) in [5.41, 5.74) is 4.17. The Balaban J connectivity index is 2.09. The summed E-state index contributed by atoms with van der Waals surface area (Å²) in [7, 11) is 0. The average molecular weight is 347 g/mol. The number of nitrogens with two attached hydrogens (primary N) is 1. The molecule has 0 aliphatic carbocycles. The zero-order chi connectivity index (χ0) is 17.0. The van der Waals surface area contributed by atoms with Crippen molar-refractivity contribution in [3.05, 3.63) is 51.2 Å². The normalized spacial score (nSPS) is 11.5. The maximum absolute atomic E-state index is 13.0. The summed E-state index contributed by atoms with van der Waals surface area (Å²) < 4.78 is 51.6. The monoisotopic (exact) mass is 347 g/mol. The van der Waals surface area contributed by atoms with E-state index in [9.17, 15) is 22.4 Å². The molecule has 0 aliphatic rings. The van der Waals surface area contributed by atoms with Crippen molar-refractivity contribution in [2.45, 2.75) is 19.1 Å². The van der Waals surface area contributed by atoms with Crippen LogP contribution in [0, 0.1) is 5.82 Å². The largest absolute Gasteiger partial charge is 0.416 e. The number of nitrogens with zero attached hydrogens (tertiary/aromatic N) is 1. The average Bonchev–Trinajstić information content (AvgIpc) is 2.94. The minimum atomic E-state index is -4.70. The highest BCUT2D eigenvalue weighted by Gasteiger charge is 2.33. The summed E-state index contributed by atoms with van der Waals surface area (Å²) in [5.74, 6) is -1.58. The van der Waals surface area contributed by atoms with E-state index in [4.69, 9.17) is 5.73 Å². The third-order valence-corrected chi connectivity index (χ3v) is 3.87. The van der Waals surface area contributed by atoms with Gasteiger partial charge in [0.15, 0.2) is 0 Å². The van der Waals surface area contributed by atoms with Crippen molar-refractivity contribution >= 4 is 17.2 Å². The molecule has 0 radical (unpaired) electrons. The molecule has 9 heteroatoms. The molecule has 0 bridgehead atoms. The molecule has 0 spiro atoms. The fourth-order valence-electron chi connectivity index (χ4n) is 1.89. The van der Waals surface area contributed by atoms with E-state index in [2.05, 4.69) is 10.3 Å². The molecule has 1 heterocycles. The lowest BCUT2D eigenvalue weighted by molar-refractivity contribution is -0.138. The molecule has 2 aromatic rings. The number of rotatable bonds is 5. The number of amides is 1. The van der Waals surface area contributed by atoms with E-state index in [0.717, 1.165) is 12.1 Å². The van der Waals surface area contributed by atoms with Crippen LogP contribution >= 0.6 is 11.3 Å². The van der Waals surface area contributed by atoms with Gasteiger partial charge < -0.3 is 11.1 Å². The number of nitrogens with one attached hydrogen (secondary N) is 1. The van der Waals surface area contributed by atoms with Crippen molar-refractivity contribution in [3.8, 4) is 0 Å². The van der Waals surface area contributed by atoms with Crippen LogP contribution in [0.3, 0.4) is 0 Å². The first-order valence-electron chi connectivity index (χ1n) is 6.59. The van der Waals surface area contributed by atoms with E-state index in [-0.39, 0.29) is 17.8 Å². The van der Waals surface area contributed by atoms with Crippen LogP contribution in [0.5, 0.6) is 0 Å². The highest BCUT2D eigenvalue weighted by atomic mass is 32.1. The fourth-order valence-corrected chi connectivity index (χ4v) is 2.68. The van der Waals surface area contributed by atoms with Crippen molar-refractivity contribution < 1.29 is 22.4 Å². The van der Waals surface area contributed by atoms with Gasteiger partial charge in [-0.1, -0.05) is 6.07 Å². The molecule has 0 saturated carbocycles. The first-order chi connectivity index (χ1) is 10.8. The third kappa shape index (κ3) is 4.49. The molecular formula is C14H13F4N3OS. The molecule has 0 fully saturated rings. The van der Waals surface area contributed by atoms with Gasteiger partial charge in [-0.05, 0) is 24.2 Å². The number of aromatic nitrogens is 1. The molecule has 0 unspecified atom stereocenters. The van der Waals surface area contributed by atoms with E-state index in [1.54, 1.807) is 0 Å². The quantitative estimate of drug-likeness (QED) is 0.817. The zero-order valence-corrected chi connectivity index (χ0v) is 12.6. The van der Waals surface area contributed by atoms with Gasteiger partial charge in [-0.25, -0.2) is 9.37 Å². The van der Waals surface area contributed by atoms with Crippen LogP contribution in [0.1, 0.15) is 26.6 Å². The van der Waals surface area contributed by atoms with Gasteiger partial charge in [0.05, 0.1) is 10.6 Å². The van der Waals surface area contributed by atoms with Gasteiger partial charge in [0, 0.05) is 18.3 Å². The molecular weight excluding hydrogens is 334 g/mol. The second-order valence-electron chi connectivity index (χ2n) is 4.65. The van der Waals surface area contributed by atoms with Gasteiger partial charge in [0.1, 0.15) is 11.5 Å². The van der Waals surface area contributed by atoms with Gasteiger partial charge in [0.25, 0.3) is 5.91 Å². The Bertz CT molecular complexity index is 700. The minimum absolute atomic E-state index is 0.120. The lowest BCUT2D eigenvalue weighted by Gasteiger charge is -2.13. The summed E-state index contributed by atoms with van der Waals surface area (Å²) >= 11 is 1.25. The molecule has 1 aromatic heterocycles. The zero-order valence-electron chi connectivity index (χ0n) is 11.8. The number of hydrogen-bond donors (Lipinski definition) is 2. The summed E-state index contributed by atoms with van der Waals surface area (Å²) in [6, 6.07) is 2.32. The second kappa shape index (κ2) is 7.05. The molecule has 1 aromatic carbocycles. The van der Waals surface area contributed by atoms with Crippen LogP contribution in [0.15, 0.2) is 23.6 Å². The SMILES string of the molecule is NCCc1nc(C(=O)NCc2ccc(F)cc2C(F)(F)F)cs1. The van der Waals surface area contributed by atoms with Gasteiger partial charge in [0.2, 0.25) is 0 Å². The first-order valence-corrected chi connectivity index (χ1v) is 7.47. The minimum Gasteiger partial charge on any atom is -0.347 e. The van der Waals surface area contributed by atoms with Crippen LogP contribution in [0.4, 0.5) is 17.6 Å². The first kappa shape index (κ1) is 17.4. The highest BCUT2D eigenvalue weighted by molar-refractivity contribution is 7.09. The smallest absolute Gasteiger partial charge is 0.347 e. The Kier molecular flexibility index (Phi) is 5.32. The summed E-state index contributed by atoms with van der Waals surface area (Å²) in [6.45, 7) is 0.0107. The Morgan fingerprint density at radius 1 is 1.35 bits per heavy atom. The summed E-state index contributed by atoms with van der Waals surface area (Å²) in [6.07, 6.45) is -4.18. The summed E-state index contributed by atoms with van der Waals surface area (Å²) in [5, 5.41) is 4.54. The fraction of sp³-hybridized carbons (Fsp3) is 0.286. The van der Waals surface area contributed by atoms with Gasteiger partial charge in [-0.15, -0.1) is 11.3 Å². The Hall–Kier alpha value is -2.00. The van der Waals surface area contributed by atoms with Gasteiger partial charge in [-0.2, -0.15) is 13.2 Å². The van der Waals surface area contributed by atoms with E-state index in [1.807, 2.05) is 0 Å². The van der Waals surface area contributed by atoms with Crippen molar-refractivity contribution in [2.75, 3.05) is 6.54 Å². The molecule has 124 valence electrons. The predicted octanol–water partition coefficient (Wildman–Crippen LogP) is 2.73. The Morgan fingerprint density at radius 2 is 2.09 bits per heavy atom. The number of hydrogen-bond acceptors (Lipinski definition) is 4. The van der Waals surface area contributed by atoms with Crippen molar-refractivity contribution in [1.29, 1.82) is 0 Å². The number of benzene rings is 1. The number of thiazole rings is 1. The topological polar surface area (TPSA) is 68.0 Å². The molecule has 3 N–H and O–H groups in total. The molecule has 0 atom stereocenters. The van der Waals surface area contributed by atoms with E-state index in [0.29, 0.717) is 24.0 Å². The maximum atomic E-state index is 13.0. The van der Waals surface area contributed by atoms with Crippen LogP contribution < -0.4 is 11.1 Å². The number of carbonyl (C=O) groups is 1. The third-order valence-electron chi connectivity index (χ3n) is 2.96. The molecule has 23 heavy (non-hydrogen) atoms. The number of alkyl halides is 3. The van der Waals surface area contributed by atoms with Crippen molar-refractivity contribution in [1.82, 2.24) is 10.3 Å². The van der Waals surface area contributed by atoms with Gasteiger partial charge >= 0.3 is 6.18 Å². The second-order valence-corrected chi connectivity index (χ2v) is 5.59. The van der Waals surface area contributed by atoms with E-state index >= 15 is 0 Å². The van der Waals surface area contributed by atoms with Crippen LogP contribution in [-0.2, 0) is 19.1 Å². The lowest BCUT2D eigenvalue weighted by atomic mass is 10.1. The van der Waals surface area contributed by atoms with Crippen LogP contribution in [-0.4, -0.2) is 17.4 Å². The summed E-state index contributed by atoms with van der Waals surface area (Å²) in [4.78, 5) is 16.0. The Morgan fingerprint density at radius 3 is 2.74 bits per heavy atom. The standard InChI is InChI=1S/C14H13F4N3OS/c15-9-2-1-8(10(5-9)14(16,17)18)6-20-13(22)11-7-23-12(21-11)3-4-19/h1-2,5,7H,3-4,6,19H2,(H,20,22). The predicted molar refractivity (Wildman–Crippen MR) is 77.4 cm³/mol. The van der Waals surface area contributed by atoms with Crippen molar-refractivity contribution in [2.24, 2.45) is 5.73 Å².